The highest BCUT2D eigenvalue weighted by Gasteiger charge is 2.21. The van der Waals surface area contributed by atoms with Crippen LogP contribution < -0.4 is 25.4 Å². The van der Waals surface area contributed by atoms with Crippen molar-refractivity contribution in [2.45, 2.75) is 19.9 Å². The first kappa shape index (κ1) is 21.0. The van der Waals surface area contributed by atoms with Crippen LogP contribution in [0.1, 0.15) is 25.5 Å². The van der Waals surface area contributed by atoms with Gasteiger partial charge in [0.1, 0.15) is 13.2 Å². The molecule has 3 amide bonds. The summed E-state index contributed by atoms with van der Waals surface area (Å²) in [6, 6.07) is 12.3. The number of fused-ring (bicyclic) bond motifs is 1. The van der Waals surface area contributed by atoms with Crippen LogP contribution in [0.25, 0.3) is 0 Å². The SMILES string of the molecule is CC(C)[C@H](NC(=O)NCC(=O)Nc1ccccc1Br)c1ccc2c(c1)OCCO2. The molecule has 8 heteroatoms. The molecule has 1 atom stereocenters. The van der Waals surface area contributed by atoms with Gasteiger partial charge in [0.05, 0.1) is 18.3 Å². The van der Waals surface area contributed by atoms with E-state index in [0.717, 1.165) is 10.0 Å². The molecule has 1 aliphatic heterocycles. The van der Waals surface area contributed by atoms with Crippen molar-refractivity contribution in [3.8, 4) is 11.5 Å². The molecule has 2 aromatic carbocycles. The molecule has 2 aromatic rings. The van der Waals surface area contributed by atoms with E-state index >= 15 is 0 Å². The summed E-state index contributed by atoms with van der Waals surface area (Å²) in [6.07, 6.45) is 0. The van der Waals surface area contributed by atoms with Gasteiger partial charge < -0.3 is 25.4 Å². The Balaban J connectivity index is 1.57. The highest BCUT2D eigenvalue weighted by Crippen LogP contribution is 2.34. The number of nitrogens with one attached hydrogen (secondary N) is 3. The lowest BCUT2D eigenvalue weighted by molar-refractivity contribution is -0.115. The van der Waals surface area contributed by atoms with Crippen molar-refractivity contribution in [2.75, 3.05) is 25.1 Å². The van der Waals surface area contributed by atoms with E-state index in [1.807, 2.05) is 50.2 Å². The summed E-state index contributed by atoms with van der Waals surface area (Å²) in [4.78, 5) is 24.5. The highest BCUT2D eigenvalue weighted by molar-refractivity contribution is 9.10. The van der Waals surface area contributed by atoms with Crippen LogP contribution in [-0.2, 0) is 4.79 Å². The number of anilines is 1. The Morgan fingerprint density at radius 3 is 2.52 bits per heavy atom. The number of para-hydroxylation sites is 1. The number of hydrogen-bond acceptors (Lipinski definition) is 4. The summed E-state index contributed by atoms with van der Waals surface area (Å²) in [5.41, 5.74) is 1.56. The van der Waals surface area contributed by atoms with Crippen molar-refractivity contribution in [3.05, 3.63) is 52.5 Å². The van der Waals surface area contributed by atoms with Crippen molar-refractivity contribution in [3.63, 3.8) is 0 Å². The Morgan fingerprint density at radius 1 is 1.07 bits per heavy atom. The molecule has 3 N–H and O–H groups in total. The standard InChI is InChI=1S/C21H24BrN3O4/c1-13(2)20(14-7-8-17-18(11-14)29-10-9-28-17)25-21(27)23-12-19(26)24-16-6-4-3-5-15(16)22/h3-8,11,13,20H,9-10,12H2,1-2H3,(H,24,26)(H2,23,25,27)/t20-/m0/s1. The van der Waals surface area contributed by atoms with Gasteiger partial charge in [-0.2, -0.15) is 0 Å². The Labute approximate surface area is 178 Å². The largest absolute Gasteiger partial charge is 0.486 e. The topological polar surface area (TPSA) is 88.7 Å². The molecule has 0 saturated carbocycles. The second kappa shape index (κ2) is 9.65. The Morgan fingerprint density at radius 2 is 1.79 bits per heavy atom. The molecule has 0 bridgehead atoms. The number of benzene rings is 2. The number of urea groups is 1. The predicted molar refractivity (Wildman–Crippen MR) is 114 cm³/mol. The number of ether oxygens (including phenoxy) is 2. The van der Waals surface area contributed by atoms with Gasteiger partial charge in [-0.25, -0.2) is 4.79 Å². The van der Waals surface area contributed by atoms with Gasteiger partial charge in [-0.1, -0.05) is 32.0 Å². The van der Waals surface area contributed by atoms with E-state index < -0.39 is 6.03 Å². The molecule has 0 fully saturated rings. The summed E-state index contributed by atoms with van der Waals surface area (Å²) in [5.74, 6) is 1.20. The highest BCUT2D eigenvalue weighted by atomic mass is 79.9. The molecule has 3 rings (SSSR count). The first-order valence-electron chi connectivity index (χ1n) is 9.42. The van der Waals surface area contributed by atoms with E-state index in [-0.39, 0.29) is 24.4 Å². The fraction of sp³-hybridized carbons (Fsp3) is 0.333. The predicted octanol–water partition coefficient (Wildman–Crippen LogP) is 3.86. The van der Waals surface area contributed by atoms with Crippen LogP contribution in [0, 0.1) is 5.92 Å². The molecule has 29 heavy (non-hydrogen) atoms. The zero-order chi connectivity index (χ0) is 20.8. The van der Waals surface area contributed by atoms with E-state index in [9.17, 15) is 9.59 Å². The second-order valence-electron chi connectivity index (χ2n) is 6.98. The Hall–Kier alpha value is -2.74. The number of carbonyl (C=O) groups excluding carboxylic acids is 2. The zero-order valence-corrected chi connectivity index (χ0v) is 17.9. The van der Waals surface area contributed by atoms with E-state index in [0.29, 0.717) is 30.4 Å². The van der Waals surface area contributed by atoms with Crippen molar-refractivity contribution in [1.82, 2.24) is 10.6 Å². The molecule has 1 heterocycles. The van der Waals surface area contributed by atoms with Crippen LogP contribution in [0.5, 0.6) is 11.5 Å². The summed E-state index contributed by atoms with van der Waals surface area (Å²) in [5, 5.41) is 8.29. The van der Waals surface area contributed by atoms with Gasteiger partial charge in [0, 0.05) is 4.47 Å². The van der Waals surface area contributed by atoms with Crippen molar-refractivity contribution in [1.29, 1.82) is 0 Å². The third-order valence-electron chi connectivity index (χ3n) is 4.44. The number of hydrogen-bond donors (Lipinski definition) is 3. The lowest BCUT2D eigenvalue weighted by atomic mass is 9.95. The summed E-state index contributed by atoms with van der Waals surface area (Å²) in [7, 11) is 0. The van der Waals surface area contributed by atoms with Gasteiger partial charge in [0.2, 0.25) is 5.91 Å². The van der Waals surface area contributed by atoms with Gasteiger partial charge in [-0.3, -0.25) is 4.79 Å². The lowest BCUT2D eigenvalue weighted by Crippen LogP contribution is -2.42. The van der Waals surface area contributed by atoms with Crippen molar-refractivity contribution >= 4 is 33.6 Å². The first-order chi connectivity index (χ1) is 13.9. The fourth-order valence-electron chi connectivity index (χ4n) is 3.00. The average molecular weight is 462 g/mol. The Kier molecular flexibility index (Phi) is 6.98. The molecule has 0 unspecified atom stereocenters. The van der Waals surface area contributed by atoms with E-state index in [4.69, 9.17) is 9.47 Å². The molecular weight excluding hydrogens is 438 g/mol. The van der Waals surface area contributed by atoms with Gasteiger partial charge in [-0.15, -0.1) is 0 Å². The minimum atomic E-state index is -0.416. The lowest BCUT2D eigenvalue weighted by Gasteiger charge is -2.25. The molecule has 0 radical (unpaired) electrons. The number of amides is 3. The van der Waals surface area contributed by atoms with Crippen LogP contribution in [0.15, 0.2) is 46.9 Å². The quantitative estimate of drug-likeness (QED) is 0.609. The number of halogens is 1. The maximum absolute atomic E-state index is 12.4. The second-order valence-corrected chi connectivity index (χ2v) is 7.83. The molecule has 7 nitrogen and oxygen atoms in total. The molecule has 0 saturated heterocycles. The average Bonchev–Trinajstić information content (AvgIpc) is 2.71. The molecular formula is C21H24BrN3O4. The zero-order valence-electron chi connectivity index (χ0n) is 16.3. The molecule has 1 aliphatic rings. The summed E-state index contributed by atoms with van der Waals surface area (Å²) < 4.78 is 12.0. The van der Waals surface area contributed by atoms with Crippen molar-refractivity contribution in [2.24, 2.45) is 5.92 Å². The first-order valence-corrected chi connectivity index (χ1v) is 10.2. The van der Waals surface area contributed by atoms with Crippen LogP contribution in [0.2, 0.25) is 0 Å². The van der Waals surface area contributed by atoms with Crippen LogP contribution in [-0.4, -0.2) is 31.7 Å². The third-order valence-corrected chi connectivity index (χ3v) is 5.13. The number of carbonyl (C=O) groups is 2. The summed E-state index contributed by atoms with van der Waals surface area (Å²) >= 11 is 3.37. The molecule has 0 spiro atoms. The van der Waals surface area contributed by atoms with Crippen molar-refractivity contribution < 1.29 is 19.1 Å². The Bertz CT molecular complexity index is 888. The molecule has 0 aliphatic carbocycles. The van der Waals surface area contributed by atoms with E-state index in [1.165, 1.54) is 0 Å². The van der Waals surface area contributed by atoms with E-state index in [1.54, 1.807) is 6.07 Å². The third kappa shape index (κ3) is 5.63. The maximum Gasteiger partial charge on any atom is 0.315 e. The summed E-state index contributed by atoms with van der Waals surface area (Å²) in [6.45, 7) is 4.92. The smallest absolute Gasteiger partial charge is 0.315 e. The molecule has 154 valence electrons. The monoisotopic (exact) mass is 461 g/mol. The number of rotatable bonds is 6. The van der Waals surface area contributed by atoms with Gasteiger partial charge >= 0.3 is 6.03 Å². The van der Waals surface area contributed by atoms with Gasteiger partial charge in [-0.05, 0) is 51.7 Å². The minimum Gasteiger partial charge on any atom is -0.486 e. The van der Waals surface area contributed by atoms with Gasteiger partial charge in [0.25, 0.3) is 0 Å². The van der Waals surface area contributed by atoms with Crippen LogP contribution in [0.3, 0.4) is 0 Å². The molecule has 0 aromatic heterocycles. The van der Waals surface area contributed by atoms with E-state index in [2.05, 4.69) is 31.9 Å². The normalized spacial score (nSPS) is 13.5. The maximum atomic E-state index is 12.4. The van der Waals surface area contributed by atoms with Crippen LogP contribution in [0.4, 0.5) is 10.5 Å². The van der Waals surface area contributed by atoms with Gasteiger partial charge in [0.15, 0.2) is 11.5 Å². The van der Waals surface area contributed by atoms with Crippen LogP contribution >= 0.6 is 15.9 Å². The fourth-order valence-corrected chi connectivity index (χ4v) is 3.38. The minimum absolute atomic E-state index is 0.136.